The van der Waals surface area contributed by atoms with Crippen molar-refractivity contribution < 1.29 is 9.53 Å². The van der Waals surface area contributed by atoms with Gasteiger partial charge in [0, 0.05) is 27.9 Å². The van der Waals surface area contributed by atoms with Crippen molar-refractivity contribution in [2.24, 2.45) is 5.10 Å². The largest absolute Gasteiger partial charge is 0.378 e. The fraction of sp³-hybridized carbons (Fsp3) is 0.152. The lowest BCUT2D eigenvalue weighted by Gasteiger charge is -2.23. The number of aromatic nitrogens is 2. The molecule has 0 spiro atoms. The molecule has 0 saturated carbocycles. The van der Waals surface area contributed by atoms with Crippen molar-refractivity contribution in [3.05, 3.63) is 114 Å². The highest BCUT2D eigenvalue weighted by Gasteiger charge is 2.12. The van der Waals surface area contributed by atoms with Crippen molar-refractivity contribution in [3.63, 3.8) is 0 Å². The number of morpholine rings is 1. The normalized spacial score (nSPS) is 13.4. The SMILES string of the molecule is Cc1ccc(/C=N/N2CCOCC2)cc1NC(=O)c1ccc(Nc2nc(-c3ccccc3)c3ccccc3n2)cc1. The molecular weight excluding hydrogens is 512 g/mol. The molecule has 1 aliphatic heterocycles. The number of amides is 1. The van der Waals surface area contributed by atoms with Crippen LogP contribution in [0.15, 0.2) is 102 Å². The molecule has 1 fully saturated rings. The van der Waals surface area contributed by atoms with Crippen molar-refractivity contribution in [1.29, 1.82) is 0 Å². The third-order valence-electron chi connectivity index (χ3n) is 6.92. The van der Waals surface area contributed by atoms with E-state index in [2.05, 4.69) is 15.7 Å². The van der Waals surface area contributed by atoms with Gasteiger partial charge in [0.15, 0.2) is 0 Å². The number of fused-ring (bicyclic) bond motifs is 1. The van der Waals surface area contributed by atoms with Gasteiger partial charge in [-0.2, -0.15) is 5.10 Å². The smallest absolute Gasteiger partial charge is 0.255 e. The molecule has 41 heavy (non-hydrogen) atoms. The highest BCUT2D eigenvalue weighted by molar-refractivity contribution is 6.05. The summed E-state index contributed by atoms with van der Waals surface area (Å²) < 4.78 is 5.37. The molecule has 2 N–H and O–H groups in total. The fourth-order valence-electron chi connectivity index (χ4n) is 4.65. The molecule has 1 aromatic heterocycles. The van der Waals surface area contributed by atoms with Crippen molar-refractivity contribution in [2.75, 3.05) is 36.9 Å². The maximum atomic E-state index is 13.1. The molecule has 6 rings (SSSR count). The molecule has 1 amide bonds. The summed E-state index contributed by atoms with van der Waals surface area (Å²) in [4.78, 5) is 22.6. The first-order valence-corrected chi connectivity index (χ1v) is 13.6. The lowest BCUT2D eigenvalue weighted by molar-refractivity contribution is 0.0397. The molecule has 1 saturated heterocycles. The summed E-state index contributed by atoms with van der Waals surface area (Å²) in [5.74, 6) is 0.307. The number of rotatable bonds is 7. The van der Waals surface area contributed by atoms with Gasteiger partial charge in [-0.3, -0.25) is 9.80 Å². The van der Waals surface area contributed by atoms with Crippen LogP contribution >= 0.6 is 0 Å². The molecule has 0 unspecified atom stereocenters. The van der Waals surface area contributed by atoms with E-state index < -0.39 is 0 Å². The summed E-state index contributed by atoms with van der Waals surface area (Å²) in [6.07, 6.45) is 1.82. The molecule has 0 atom stereocenters. The molecule has 4 aromatic carbocycles. The number of ether oxygens (including phenoxy) is 1. The average Bonchev–Trinajstić information content (AvgIpc) is 3.02. The number of nitrogens with zero attached hydrogens (tertiary/aromatic N) is 4. The number of hydrogen-bond acceptors (Lipinski definition) is 7. The number of para-hydroxylation sites is 1. The molecule has 5 aromatic rings. The van der Waals surface area contributed by atoms with Crippen molar-refractivity contribution in [3.8, 4) is 11.3 Å². The van der Waals surface area contributed by atoms with Gasteiger partial charge in [0.25, 0.3) is 5.91 Å². The van der Waals surface area contributed by atoms with Crippen LogP contribution in [0.25, 0.3) is 22.2 Å². The number of benzene rings is 4. The first-order valence-electron chi connectivity index (χ1n) is 13.6. The first-order chi connectivity index (χ1) is 20.1. The third kappa shape index (κ3) is 6.23. The highest BCUT2D eigenvalue weighted by Crippen LogP contribution is 2.28. The van der Waals surface area contributed by atoms with E-state index in [1.54, 1.807) is 12.1 Å². The Morgan fingerprint density at radius 1 is 0.902 bits per heavy atom. The number of nitrogens with one attached hydrogen (secondary N) is 2. The second-order valence-electron chi connectivity index (χ2n) is 9.82. The molecular formula is C33H30N6O2. The molecule has 204 valence electrons. The van der Waals surface area contributed by atoms with E-state index in [0.717, 1.165) is 57.8 Å². The van der Waals surface area contributed by atoms with E-state index in [1.807, 2.05) is 103 Å². The lowest BCUT2D eigenvalue weighted by Crippen LogP contribution is -2.32. The number of carbonyl (C=O) groups excluding carboxylic acids is 1. The maximum absolute atomic E-state index is 13.1. The number of aryl methyl sites for hydroxylation is 1. The zero-order valence-electron chi connectivity index (χ0n) is 22.7. The Balaban J connectivity index is 1.16. The fourth-order valence-corrected chi connectivity index (χ4v) is 4.65. The van der Waals surface area contributed by atoms with Crippen LogP contribution in [0, 0.1) is 6.92 Å². The lowest BCUT2D eigenvalue weighted by atomic mass is 10.1. The monoisotopic (exact) mass is 542 g/mol. The van der Waals surface area contributed by atoms with Gasteiger partial charge in [0.2, 0.25) is 5.95 Å². The van der Waals surface area contributed by atoms with Crippen LogP contribution in [0.3, 0.4) is 0 Å². The number of hydrogen-bond donors (Lipinski definition) is 2. The van der Waals surface area contributed by atoms with Crippen LogP contribution in [0.1, 0.15) is 21.5 Å². The minimum Gasteiger partial charge on any atom is -0.378 e. The third-order valence-corrected chi connectivity index (χ3v) is 6.92. The molecule has 0 aliphatic carbocycles. The molecule has 8 heteroatoms. The standard InChI is InChI=1S/C33H30N6O2/c1-23-11-12-24(22-34-39-17-19-41-20-18-39)21-30(23)36-32(40)26-13-15-27(16-14-26)35-33-37-29-10-6-5-9-28(29)31(38-33)25-7-3-2-4-8-25/h2-16,21-22H,17-20H2,1H3,(H,36,40)(H,35,37,38)/b34-22+. The van der Waals surface area contributed by atoms with Crippen LogP contribution in [-0.2, 0) is 4.74 Å². The summed E-state index contributed by atoms with van der Waals surface area (Å²) in [7, 11) is 0. The molecule has 1 aliphatic rings. The van der Waals surface area contributed by atoms with Gasteiger partial charge in [-0.1, -0.05) is 60.7 Å². The Morgan fingerprint density at radius 3 is 2.46 bits per heavy atom. The van der Waals surface area contributed by atoms with E-state index in [1.165, 1.54) is 0 Å². The van der Waals surface area contributed by atoms with Gasteiger partial charge >= 0.3 is 0 Å². The van der Waals surface area contributed by atoms with Crippen molar-refractivity contribution >= 4 is 40.3 Å². The second kappa shape index (κ2) is 12.0. The van der Waals surface area contributed by atoms with E-state index in [-0.39, 0.29) is 5.91 Å². The predicted molar refractivity (Wildman–Crippen MR) is 164 cm³/mol. The summed E-state index contributed by atoms with van der Waals surface area (Å²) in [6.45, 7) is 4.89. The minimum absolute atomic E-state index is 0.185. The minimum atomic E-state index is -0.185. The van der Waals surface area contributed by atoms with Crippen LogP contribution in [0.4, 0.5) is 17.3 Å². The Morgan fingerprint density at radius 2 is 1.66 bits per heavy atom. The van der Waals surface area contributed by atoms with E-state index in [4.69, 9.17) is 14.7 Å². The summed E-state index contributed by atoms with van der Waals surface area (Å²) >= 11 is 0. The van der Waals surface area contributed by atoms with E-state index in [0.29, 0.717) is 24.7 Å². The molecule has 2 heterocycles. The quantitative estimate of drug-likeness (QED) is 0.236. The number of hydrazone groups is 1. The van der Waals surface area contributed by atoms with Gasteiger partial charge in [-0.05, 0) is 54.4 Å². The van der Waals surface area contributed by atoms with Gasteiger partial charge in [0.1, 0.15) is 0 Å². The topological polar surface area (TPSA) is 91.7 Å². The van der Waals surface area contributed by atoms with Gasteiger partial charge in [0.05, 0.1) is 43.7 Å². The first kappa shape index (κ1) is 26.2. The second-order valence-corrected chi connectivity index (χ2v) is 9.82. The highest BCUT2D eigenvalue weighted by atomic mass is 16.5. The summed E-state index contributed by atoms with van der Waals surface area (Å²) in [6, 6.07) is 31.2. The van der Waals surface area contributed by atoms with Crippen LogP contribution in [0.5, 0.6) is 0 Å². The summed E-state index contributed by atoms with van der Waals surface area (Å²) in [5, 5.41) is 13.9. The van der Waals surface area contributed by atoms with Gasteiger partial charge < -0.3 is 15.4 Å². The van der Waals surface area contributed by atoms with Crippen molar-refractivity contribution in [2.45, 2.75) is 6.92 Å². The summed E-state index contributed by atoms with van der Waals surface area (Å²) in [5.41, 5.74) is 6.72. The van der Waals surface area contributed by atoms with Gasteiger partial charge in [-0.25, -0.2) is 9.97 Å². The number of anilines is 3. The zero-order valence-corrected chi connectivity index (χ0v) is 22.7. The van der Waals surface area contributed by atoms with Crippen LogP contribution < -0.4 is 10.6 Å². The Hall–Kier alpha value is -5.08. The van der Waals surface area contributed by atoms with Crippen LogP contribution in [0.2, 0.25) is 0 Å². The van der Waals surface area contributed by atoms with Crippen LogP contribution in [-0.4, -0.2) is 53.4 Å². The maximum Gasteiger partial charge on any atom is 0.255 e. The van der Waals surface area contributed by atoms with E-state index in [9.17, 15) is 4.79 Å². The Labute approximate surface area is 238 Å². The molecule has 0 radical (unpaired) electrons. The predicted octanol–water partition coefficient (Wildman–Crippen LogP) is 6.27. The molecule has 0 bridgehead atoms. The Kier molecular flexibility index (Phi) is 7.64. The molecule has 8 nitrogen and oxygen atoms in total. The zero-order chi connectivity index (χ0) is 28.0. The Bertz CT molecular complexity index is 1700. The van der Waals surface area contributed by atoms with Gasteiger partial charge in [-0.15, -0.1) is 0 Å². The van der Waals surface area contributed by atoms with E-state index >= 15 is 0 Å². The number of carbonyl (C=O) groups is 1. The van der Waals surface area contributed by atoms with Crippen molar-refractivity contribution in [1.82, 2.24) is 15.0 Å². The average molecular weight is 543 g/mol.